The van der Waals surface area contributed by atoms with Gasteiger partial charge in [-0.3, -0.25) is 14.5 Å². The number of hydrogen-bond donors (Lipinski definition) is 2. The number of carbonyl (C=O) groups excluding carboxylic acids is 3. The van der Waals surface area contributed by atoms with Crippen LogP contribution in [0.4, 0.5) is 10.5 Å². The lowest BCUT2D eigenvalue weighted by Gasteiger charge is -2.25. The highest BCUT2D eigenvalue weighted by Gasteiger charge is 2.47. The Balaban J connectivity index is 1.55. The molecule has 36 heavy (non-hydrogen) atoms. The highest BCUT2D eigenvalue weighted by Crippen LogP contribution is 2.34. The second kappa shape index (κ2) is 10.6. The van der Waals surface area contributed by atoms with E-state index in [4.69, 9.17) is 4.74 Å². The van der Waals surface area contributed by atoms with Gasteiger partial charge in [-0.15, -0.1) is 0 Å². The van der Waals surface area contributed by atoms with Gasteiger partial charge in [0.15, 0.2) is 12.1 Å². The van der Waals surface area contributed by atoms with E-state index in [9.17, 15) is 14.4 Å². The molecular weight excluding hydrogens is 454 g/mol. The van der Waals surface area contributed by atoms with E-state index in [1.165, 1.54) is 4.90 Å². The second-order valence-electron chi connectivity index (χ2n) is 9.47. The van der Waals surface area contributed by atoms with Gasteiger partial charge in [0.05, 0.1) is 6.54 Å². The molecule has 0 radical (unpaired) electrons. The average Bonchev–Trinajstić information content (AvgIpc) is 3.16. The number of nitrogens with one attached hydrogen (secondary N) is 2. The van der Waals surface area contributed by atoms with E-state index < -0.39 is 18.2 Å². The summed E-state index contributed by atoms with van der Waals surface area (Å²) in [5, 5.41) is 5.80. The monoisotopic (exact) mass is 485 g/mol. The lowest BCUT2D eigenvalue weighted by molar-refractivity contribution is -0.126. The molecule has 1 heterocycles. The van der Waals surface area contributed by atoms with Gasteiger partial charge >= 0.3 is 6.09 Å². The van der Waals surface area contributed by atoms with E-state index in [1.54, 1.807) is 30.3 Å². The number of nitrogens with zero attached hydrogens (tertiary/aromatic N) is 1. The van der Waals surface area contributed by atoms with Gasteiger partial charge in [-0.1, -0.05) is 59.7 Å². The first-order valence-corrected chi connectivity index (χ1v) is 12.0. The van der Waals surface area contributed by atoms with Gasteiger partial charge in [0, 0.05) is 17.3 Å². The van der Waals surface area contributed by atoms with Gasteiger partial charge < -0.3 is 15.4 Å². The Morgan fingerprint density at radius 1 is 0.944 bits per heavy atom. The summed E-state index contributed by atoms with van der Waals surface area (Å²) in [6.07, 6.45) is -1.32. The zero-order chi connectivity index (χ0) is 25.8. The van der Waals surface area contributed by atoms with E-state index in [1.807, 2.05) is 70.2 Å². The summed E-state index contributed by atoms with van der Waals surface area (Å²) in [6.45, 7) is 7.94. The van der Waals surface area contributed by atoms with Crippen LogP contribution in [0.15, 0.2) is 72.8 Å². The Bertz CT molecular complexity index is 1250. The minimum absolute atomic E-state index is 0.0886. The Labute approximate surface area is 211 Å². The normalized spacial score (nSPS) is 17.1. The molecule has 7 heteroatoms. The van der Waals surface area contributed by atoms with Crippen LogP contribution in [0.3, 0.4) is 0 Å². The first-order chi connectivity index (χ1) is 17.2. The molecule has 3 aromatic carbocycles. The highest BCUT2D eigenvalue weighted by atomic mass is 16.6. The largest absolute Gasteiger partial charge is 0.438 e. The van der Waals surface area contributed by atoms with Crippen molar-refractivity contribution in [2.24, 2.45) is 0 Å². The molecule has 3 aromatic rings. The molecule has 2 atom stereocenters. The molecule has 0 aliphatic carbocycles. The smallest absolute Gasteiger partial charge is 0.411 e. The summed E-state index contributed by atoms with van der Waals surface area (Å²) < 4.78 is 5.71. The Morgan fingerprint density at radius 3 is 2.28 bits per heavy atom. The fourth-order valence-corrected chi connectivity index (χ4v) is 4.22. The second-order valence-corrected chi connectivity index (χ2v) is 9.47. The average molecular weight is 486 g/mol. The number of benzene rings is 3. The van der Waals surface area contributed by atoms with Crippen LogP contribution in [0, 0.1) is 13.8 Å². The third-order valence-electron chi connectivity index (χ3n) is 6.04. The van der Waals surface area contributed by atoms with E-state index in [-0.39, 0.29) is 24.4 Å². The summed E-state index contributed by atoms with van der Waals surface area (Å²) in [4.78, 5) is 40.2. The summed E-state index contributed by atoms with van der Waals surface area (Å²) in [7, 11) is 0. The van der Waals surface area contributed by atoms with Gasteiger partial charge in [-0.05, 0) is 63.1 Å². The number of ether oxygens (including phenoxy) is 1. The Morgan fingerprint density at radius 2 is 1.64 bits per heavy atom. The summed E-state index contributed by atoms with van der Waals surface area (Å²) in [5.41, 5.74) is 4.88. The van der Waals surface area contributed by atoms with Crippen molar-refractivity contribution in [1.82, 2.24) is 10.2 Å². The maximum atomic E-state index is 13.2. The zero-order valence-electron chi connectivity index (χ0n) is 20.9. The van der Waals surface area contributed by atoms with Crippen molar-refractivity contribution in [3.05, 3.63) is 101 Å². The van der Waals surface area contributed by atoms with Gasteiger partial charge in [0.2, 0.25) is 5.91 Å². The molecule has 0 saturated carbocycles. The number of anilines is 1. The minimum atomic E-state index is -0.825. The molecule has 0 spiro atoms. The predicted molar refractivity (Wildman–Crippen MR) is 139 cm³/mol. The van der Waals surface area contributed by atoms with Crippen molar-refractivity contribution < 1.29 is 19.1 Å². The van der Waals surface area contributed by atoms with Crippen LogP contribution in [0.2, 0.25) is 0 Å². The van der Waals surface area contributed by atoms with E-state index in [2.05, 4.69) is 10.6 Å². The van der Waals surface area contributed by atoms with Crippen molar-refractivity contribution in [1.29, 1.82) is 0 Å². The van der Waals surface area contributed by atoms with E-state index in [0.29, 0.717) is 16.8 Å². The number of rotatable bonds is 7. The highest BCUT2D eigenvalue weighted by molar-refractivity contribution is 6.04. The molecule has 4 rings (SSSR count). The first kappa shape index (κ1) is 25.0. The SMILES string of the molecule is Cc1ccc(CN2C(=O)O[C@@H](c3ccc(NC(=O)c4cccc(C)c4)cc3)[C@H]2C(=O)NC(C)C)cc1. The minimum Gasteiger partial charge on any atom is -0.438 e. The molecule has 186 valence electrons. The first-order valence-electron chi connectivity index (χ1n) is 12.0. The molecule has 1 fully saturated rings. The van der Waals surface area contributed by atoms with Crippen molar-refractivity contribution in [2.45, 2.75) is 52.4 Å². The van der Waals surface area contributed by atoms with Crippen molar-refractivity contribution in [3.63, 3.8) is 0 Å². The molecule has 3 amide bonds. The lowest BCUT2D eigenvalue weighted by Crippen LogP contribution is -2.48. The van der Waals surface area contributed by atoms with Crippen LogP contribution in [-0.4, -0.2) is 34.9 Å². The quantitative estimate of drug-likeness (QED) is 0.485. The number of cyclic esters (lactones) is 1. The van der Waals surface area contributed by atoms with E-state index >= 15 is 0 Å². The summed E-state index contributed by atoms with van der Waals surface area (Å²) >= 11 is 0. The van der Waals surface area contributed by atoms with Crippen LogP contribution in [0.5, 0.6) is 0 Å². The van der Waals surface area contributed by atoms with Crippen molar-refractivity contribution >= 4 is 23.6 Å². The molecule has 0 bridgehead atoms. The van der Waals surface area contributed by atoms with Crippen LogP contribution in [0.25, 0.3) is 0 Å². The Hall–Kier alpha value is -4.13. The topological polar surface area (TPSA) is 87.7 Å². The molecule has 7 nitrogen and oxygen atoms in total. The van der Waals surface area contributed by atoms with Crippen molar-refractivity contribution in [3.8, 4) is 0 Å². The predicted octanol–water partition coefficient (Wildman–Crippen LogP) is 5.14. The zero-order valence-corrected chi connectivity index (χ0v) is 20.9. The van der Waals surface area contributed by atoms with Gasteiger partial charge in [0.1, 0.15) is 0 Å². The van der Waals surface area contributed by atoms with Gasteiger partial charge in [0.25, 0.3) is 5.91 Å². The molecule has 1 saturated heterocycles. The third kappa shape index (κ3) is 5.74. The van der Waals surface area contributed by atoms with E-state index in [0.717, 1.165) is 16.7 Å². The molecular formula is C29H31N3O4. The molecule has 0 aromatic heterocycles. The molecule has 1 aliphatic rings. The fourth-order valence-electron chi connectivity index (χ4n) is 4.22. The maximum absolute atomic E-state index is 13.2. The molecule has 1 aliphatic heterocycles. The maximum Gasteiger partial charge on any atom is 0.411 e. The van der Waals surface area contributed by atoms with Crippen LogP contribution >= 0.6 is 0 Å². The summed E-state index contributed by atoms with van der Waals surface area (Å²) in [5.74, 6) is -0.484. The van der Waals surface area contributed by atoms with Crippen LogP contribution in [0.1, 0.15) is 52.6 Å². The Kier molecular flexibility index (Phi) is 7.38. The summed E-state index contributed by atoms with van der Waals surface area (Å²) in [6, 6.07) is 21.3. The number of hydrogen-bond acceptors (Lipinski definition) is 4. The number of aryl methyl sites for hydroxylation is 2. The van der Waals surface area contributed by atoms with Crippen LogP contribution in [-0.2, 0) is 16.1 Å². The van der Waals surface area contributed by atoms with Gasteiger partial charge in [-0.25, -0.2) is 4.79 Å². The van der Waals surface area contributed by atoms with Gasteiger partial charge in [-0.2, -0.15) is 0 Å². The number of amides is 3. The van der Waals surface area contributed by atoms with Crippen molar-refractivity contribution in [2.75, 3.05) is 5.32 Å². The van der Waals surface area contributed by atoms with Crippen LogP contribution < -0.4 is 10.6 Å². The standard InChI is InChI=1S/C29H31N3O4/c1-18(2)30-28(34)25-26(36-29(35)32(25)17-21-10-8-19(3)9-11-21)22-12-14-24(15-13-22)31-27(33)23-7-5-6-20(4)16-23/h5-16,18,25-26H,17H2,1-4H3,(H,30,34)(H,31,33)/t25-,26-/m0/s1. The third-order valence-corrected chi connectivity index (χ3v) is 6.04. The molecule has 2 N–H and O–H groups in total. The number of carbonyl (C=O) groups is 3. The molecule has 0 unspecified atom stereocenters. The lowest BCUT2D eigenvalue weighted by atomic mass is 10.00. The fraction of sp³-hybridized carbons (Fsp3) is 0.276.